The summed E-state index contributed by atoms with van der Waals surface area (Å²) < 4.78 is 21.1. The number of aliphatic hydroxyl groups excluding tert-OH is 1. The van der Waals surface area contributed by atoms with E-state index in [1.807, 2.05) is 0 Å². The van der Waals surface area contributed by atoms with E-state index in [-0.39, 0.29) is 23.6 Å². The maximum absolute atomic E-state index is 13.9. The predicted octanol–water partition coefficient (Wildman–Crippen LogP) is 0.689. The minimum atomic E-state index is -1.23. The summed E-state index contributed by atoms with van der Waals surface area (Å²) in [5.74, 6) is 0.131. The van der Waals surface area contributed by atoms with Gasteiger partial charge in [-0.3, -0.25) is 4.57 Å². The molecular formula is C10H12FN5O2S. The molecule has 3 rings (SSSR count). The largest absolute Gasteiger partial charge is 0.394 e. The number of halogens is 1. The minimum absolute atomic E-state index is 0.131. The third-order valence-corrected chi connectivity index (χ3v) is 3.36. The van der Waals surface area contributed by atoms with Gasteiger partial charge in [0.2, 0.25) is 0 Å². The Morgan fingerprint density at radius 3 is 3.16 bits per heavy atom. The first-order chi connectivity index (χ1) is 9.10. The van der Waals surface area contributed by atoms with Gasteiger partial charge in [0.25, 0.3) is 0 Å². The van der Waals surface area contributed by atoms with E-state index < -0.39 is 18.5 Å². The molecule has 3 heterocycles. The van der Waals surface area contributed by atoms with Gasteiger partial charge in [0.15, 0.2) is 16.8 Å². The molecule has 1 fully saturated rings. The Labute approximate surface area is 112 Å². The van der Waals surface area contributed by atoms with Crippen LogP contribution in [0.2, 0.25) is 0 Å². The highest BCUT2D eigenvalue weighted by molar-refractivity contribution is 7.71. The van der Waals surface area contributed by atoms with E-state index in [2.05, 4.69) is 15.0 Å². The Balaban J connectivity index is 2.09. The molecule has 9 heteroatoms. The monoisotopic (exact) mass is 285 g/mol. The number of imidazole rings is 1. The number of fused-ring (bicyclic) bond motifs is 1. The number of ether oxygens (including phenoxy) is 1. The highest BCUT2D eigenvalue weighted by Gasteiger charge is 2.37. The van der Waals surface area contributed by atoms with E-state index in [0.717, 1.165) is 0 Å². The summed E-state index contributed by atoms with van der Waals surface area (Å²) in [6.07, 6.45) is -1.03. The highest BCUT2D eigenvalue weighted by Crippen LogP contribution is 2.33. The zero-order chi connectivity index (χ0) is 13.6. The molecule has 7 nitrogen and oxygen atoms in total. The SMILES string of the molecule is Nc1nc(=S)c2ncn([C@@H]3O[C@H](CO)C[C@@H]3F)c2[nH]1. The van der Waals surface area contributed by atoms with Crippen molar-refractivity contribution in [2.75, 3.05) is 12.3 Å². The number of nitrogens with two attached hydrogens (primary N) is 1. The summed E-state index contributed by atoms with van der Waals surface area (Å²) in [7, 11) is 0. The maximum atomic E-state index is 13.9. The number of aliphatic hydroxyl groups is 1. The highest BCUT2D eigenvalue weighted by atomic mass is 32.1. The molecule has 1 saturated heterocycles. The average Bonchev–Trinajstić information content (AvgIpc) is 2.92. The molecule has 0 amide bonds. The molecule has 1 aliphatic rings. The Morgan fingerprint density at radius 1 is 1.68 bits per heavy atom. The van der Waals surface area contributed by atoms with Gasteiger partial charge in [-0.25, -0.2) is 14.4 Å². The lowest BCUT2D eigenvalue weighted by Crippen LogP contribution is -2.17. The van der Waals surface area contributed by atoms with Gasteiger partial charge in [-0.1, -0.05) is 12.2 Å². The summed E-state index contributed by atoms with van der Waals surface area (Å²) in [6.45, 7) is -0.219. The Morgan fingerprint density at radius 2 is 2.47 bits per heavy atom. The van der Waals surface area contributed by atoms with Crippen LogP contribution in [0.3, 0.4) is 0 Å². The number of alkyl halides is 1. The molecule has 0 unspecified atom stereocenters. The molecule has 0 radical (unpaired) electrons. The number of nitrogen functional groups attached to an aromatic ring is 1. The third-order valence-electron chi connectivity index (χ3n) is 3.07. The summed E-state index contributed by atoms with van der Waals surface area (Å²) in [6, 6.07) is 0. The molecule has 1 aliphatic heterocycles. The Hall–Kier alpha value is -1.58. The predicted molar refractivity (Wildman–Crippen MR) is 67.6 cm³/mol. The smallest absolute Gasteiger partial charge is 0.200 e. The van der Waals surface area contributed by atoms with Crippen molar-refractivity contribution >= 4 is 29.3 Å². The molecule has 3 atom stereocenters. The number of aromatic nitrogens is 4. The van der Waals surface area contributed by atoms with Crippen LogP contribution in [0.1, 0.15) is 12.6 Å². The zero-order valence-electron chi connectivity index (χ0n) is 9.78. The van der Waals surface area contributed by atoms with Gasteiger partial charge in [0, 0.05) is 6.42 Å². The standard InChI is InChI=1S/C10H12FN5O2S/c11-5-1-4(2-17)18-9(5)16-3-13-6-7(16)14-10(12)15-8(6)19/h3-5,9,17H,1-2H2,(H3,12,14,15,19)/t4-,5-,9+/m0/s1. The zero-order valence-corrected chi connectivity index (χ0v) is 10.6. The first kappa shape index (κ1) is 12.5. The van der Waals surface area contributed by atoms with Crippen molar-refractivity contribution in [2.24, 2.45) is 0 Å². The van der Waals surface area contributed by atoms with Crippen molar-refractivity contribution < 1.29 is 14.2 Å². The summed E-state index contributed by atoms with van der Waals surface area (Å²) >= 11 is 5.04. The second-order valence-corrected chi connectivity index (χ2v) is 4.75. The molecule has 2 aromatic rings. The molecule has 0 spiro atoms. The van der Waals surface area contributed by atoms with Crippen molar-refractivity contribution in [3.8, 4) is 0 Å². The van der Waals surface area contributed by atoms with Crippen molar-refractivity contribution in [2.45, 2.75) is 24.9 Å². The second kappa shape index (κ2) is 4.51. The van der Waals surface area contributed by atoms with E-state index in [0.29, 0.717) is 11.2 Å². The van der Waals surface area contributed by atoms with Gasteiger partial charge < -0.3 is 20.6 Å². The molecule has 19 heavy (non-hydrogen) atoms. The lowest BCUT2D eigenvalue weighted by molar-refractivity contribution is -0.0351. The molecule has 0 aliphatic carbocycles. The molecule has 0 saturated carbocycles. The molecule has 0 aromatic carbocycles. The van der Waals surface area contributed by atoms with Crippen molar-refractivity contribution in [3.63, 3.8) is 0 Å². The van der Waals surface area contributed by atoms with Crippen molar-refractivity contribution in [1.82, 2.24) is 19.5 Å². The molecule has 2 aromatic heterocycles. The molecule has 4 N–H and O–H groups in total. The van der Waals surface area contributed by atoms with Crippen LogP contribution < -0.4 is 5.73 Å². The number of nitrogens with zero attached hydrogens (tertiary/aromatic N) is 3. The minimum Gasteiger partial charge on any atom is -0.394 e. The van der Waals surface area contributed by atoms with Crippen LogP contribution in [0.25, 0.3) is 11.2 Å². The van der Waals surface area contributed by atoms with Crippen LogP contribution in [0, 0.1) is 4.64 Å². The van der Waals surface area contributed by atoms with E-state index >= 15 is 0 Å². The van der Waals surface area contributed by atoms with Gasteiger partial charge in [0.1, 0.15) is 17.3 Å². The van der Waals surface area contributed by atoms with E-state index in [1.165, 1.54) is 10.9 Å². The maximum Gasteiger partial charge on any atom is 0.200 e. The third kappa shape index (κ3) is 1.99. The summed E-state index contributed by atoms with van der Waals surface area (Å²) in [5.41, 5.74) is 6.49. The first-order valence-electron chi connectivity index (χ1n) is 5.73. The van der Waals surface area contributed by atoms with Crippen LogP contribution in [0.4, 0.5) is 10.3 Å². The van der Waals surface area contributed by atoms with Crippen LogP contribution in [0.15, 0.2) is 6.33 Å². The number of hydrogen-bond donors (Lipinski definition) is 3. The van der Waals surface area contributed by atoms with Crippen LogP contribution >= 0.6 is 12.2 Å². The fraction of sp³-hybridized carbons (Fsp3) is 0.500. The number of anilines is 1. The van der Waals surface area contributed by atoms with E-state index in [4.69, 9.17) is 27.8 Å². The van der Waals surface area contributed by atoms with Crippen LogP contribution in [-0.4, -0.2) is 43.5 Å². The lowest BCUT2D eigenvalue weighted by atomic mass is 10.2. The number of aromatic amines is 1. The Kier molecular flexibility index (Phi) is 2.96. The van der Waals surface area contributed by atoms with Gasteiger partial charge in [-0.2, -0.15) is 0 Å². The molecular weight excluding hydrogens is 273 g/mol. The fourth-order valence-electron chi connectivity index (χ4n) is 2.21. The van der Waals surface area contributed by atoms with Gasteiger partial charge in [-0.15, -0.1) is 0 Å². The number of rotatable bonds is 2. The topological polar surface area (TPSA) is 102 Å². The lowest BCUT2D eigenvalue weighted by Gasteiger charge is -2.15. The molecule has 102 valence electrons. The summed E-state index contributed by atoms with van der Waals surface area (Å²) in [5, 5.41) is 9.03. The van der Waals surface area contributed by atoms with Gasteiger partial charge in [-0.05, 0) is 0 Å². The quantitative estimate of drug-likeness (QED) is 0.702. The normalized spacial score (nSPS) is 27.2. The van der Waals surface area contributed by atoms with Crippen molar-refractivity contribution in [3.05, 3.63) is 11.0 Å². The van der Waals surface area contributed by atoms with Crippen LogP contribution in [-0.2, 0) is 4.74 Å². The Bertz CT molecular complexity index is 671. The average molecular weight is 285 g/mol. The van der Waals surface area contributed by atoms with Gasteiger partial charge >= 0.3 is 0 Å². The van der Waals surface area contributed by atoms with Gasteiger partial charge in [0.05, 0.1) is 19.0 Å². The summed E-state index contributed by atoms with van der Waals surface area (Å²) in [4.78, 5) is 10.8. The van der Waals surface area contributed by atoms with E-state index in [1.54, 1.807) is 0 Å². The fourth-order valence-corrected chi connectivity index (χ4v) is 2.46. The van der Waals surface area contributed by atoms with Crippen LogP contribution in [0.5, 0.6) is 0 Å². The first-order valence-corrected chi connectivity index (χ1v) is 6.13. The number of hydrogen-bond acceptors (Lipinski definition) is 6. The number of H-pyrrole nitrogens is 1. The van der Waals surface area contributed by atoms with E-state index in [9.17, 15) is 4.39 Å². The second-order valence-electron chi connectivity index (χ2n) is 4.36. The molecule has 0 bridgehead atoms. The van der Waals surface area contributed by atoms with Crippen molar-refractivity contribution in [1.29, 1.82) is 0 Å². The number of nitrogens with one attached hydrogen (secondary N) is 1.